The minimum atomic E-state index is -0.209. The number of benzene rings is 2. The summed E-state index contributed by atoms with van der Waals surface area (Å²) in [5.41, 5.74) is 3.58. The lowest BCUT2D eigenvalue weighted by atomic mass is 9.96. The number of hydrogen-bond donors (Lipinski definition) is 1. The normalized spacial score (nSPS) is 20.9. The van der Waals surface area contributed by atoms with Crippen LogP contribution in [-0.4, -0.2) is 41.9 Å². The lowest BCUT2D eigenvalue weighted by Gasteiger charge is -2.32. The van der Waals surface area contributed by atoms with Crippen LogP contribution >= 0.6 is 0 Å². The van der Waals surface area contributed by atoms with Crippen molar-refractivity contribution in [1.29, 1.82) is 0 Å². The van der Waals surface area contributed by atoms with Crippen LogP contribution in [0.3, 0.4) is 0 Å². The van der Waals surface area contributed by atoms with Gasteiger partial charge < -0.3 is 5.32 Å². The molecule has 0 radical (unpaired) electrons. The maximum atomic E-state index is 13.1. The summed E-state index contributed by atoms with van der Waals surface area (Å²) >= 11 is 0. The van der Waals surface area contributed by atoms with Gasteiger partial charge in [-0.15, -0.1) is 0 Å². The second kappa shape index (κ2) is 11.1. The summed E-state index contributed by atoms with van der Waals surface area (Å²) in [6.45, 7) is 8.84. The highest BCUT2D eigenvalue weighted by molar-refractivity contribution is 5.79. The molecule has 0 bridgehead atoms. The first kappa shape index (κ1) is 22.9. The van der Waals surface area contributed by atoms with Crippen LogP contribution < -0.4 is 5.32 Å². The molecule has 2 heterocycles. The average Bonchev–Trinajstić information content (AvgIpc) is 2.81. The molecule has 2 fully saturated rings. The minimum Gasteiger partial charge on any atom is -0.352 e. The Morgan fingerprint density at radius 3 is 2.16 bits per heavy atom. The highest BCUT2D eigenvalue weighted by Gasteiger charge is 2.25. The topological polar surface area (TPSA) is 35.6 Å². The molecule has 172 valence electrons. The molecule has 2 saturated heterocycles. The number of halogens is 1. The molecule has 1 amide bonds. The Morgan fingerprint density at radius 1 is 0.875 bits per heavy atom. The van der Waals surface area contributed by atoms with Crippen LogP contribution in [0.2, 0.25) is 0 Å². The predicted octanol–water partition coefficient (Wildman–Crippen LogP) is 4.59. The molecule has 1 atom stereocenters. The summed E-state index contributed by atoms with van der Waals surface area (Å²) in [5, 5.41) is 3.14. The van der Waals surface area contributed by atoms with E-state index in [2.05, 4.69) is 46.3 Å². The zero-order valence-corrected chi connectivity index (χ0v) is 19.2. The largest absolute Gasteiger partial charge is 0.352 e. The van der Waals surface area contributed by atoms with Crippen LogP contribution in [0.5, 0.6) is 0 Å². The second-order valence-corrected chi connectivity index (χ2v) is 9.69. The fourth-order valence-corrected chi connectivity index (χ4v) is 4.84. The first-order chi connectivity index (χ1) is 15.5. The van der Waals surface area contributed by atoms with Gasteiger partial charge in [0.1, 0.15) is 5.82 Å². The number of nitrogens with one attached hydrogen (secondary N) is 1. The van der Waals surface area contributed by atoms with E-state index in [1.54, 1.807) is 0 Å². The van der Waals surface area contributed by atoms with E-state index in [0.29, 0.717) is 6.54 Å². The molecule has 4 nitrogen and oxygen atoms in total. The van der Waals surface area contributed by atoms with Gasteiger partial charge in [-0.05, 0) is 80.1 Å². The van der Waals surface area contributed by atoms with Crippen LogP contribution in [0.15, 0.2) is 48.5 Å². The molecule has 0 spiro atoms. The van der Waals surface area contributed by atoms with Crippen molar-refractivity contribution >= 4 is 5.91 Å². The summed E-state index contributed by atoms with van der Waals surface area (Å²) in [4.78, 5) is 17.6. The smallest absolute Gasteiger partial charge is 0.224 e. The minimum absolute atomic E-state index is 0.0185. The van der Waals surface area contributed by atoms with Gasteiger partial charge in [0, 0.05) is 26.2 Å². The van der Waals surface area contributed by atoms with Crippen molar-refractivity contribution < 1.29 is 9.18 Å². The number of hydrogen-bond acceptors (Lipinski definition) is 3. The second-order valence-electron chi connectivity index (χ2n) is 9.69. The lowest BCUT2D eigenvalue weighted by molar-refractivity contribution is -0.126. The van der Waals surface area contributed by atoms with E-state index in [1.807, 2.05) is 12.1 Å². The van der Waals surface area contributed by atoms with Crippen LogP contribution in [0.4, 0.5) is 4.39 Å². The van der Waals surface area contributed by atoms with Gasteiger partial charge in [-0.25, -0.2) is 4.39 Å². The molecule has 1 unspecified atom stereocenters. The van der Waals surface area contributed by atoms with Crippen LogP contribution in [0.1, 0.15) is 49.3 Å². The Bertz CT molecular complexity index is 859. The van der Waals surface area contributed by atoms with Gasteiger partial charge >= 0.3 is 0 Å². The van der Waals surface area contributed by atoms with Crippen molar-refractivity contribution in [2.75, 3.05) is 26.2 Å². The summed E-state index contributed by atoms with van der Waals surface area (Å²) in [6, 6.07) is 15.3. The standard InChI is InChI=1S/C27H36FN3O/c1-21-12-15-30(16-13-21)18-23-6-4-22(5-7-23)17-29-27(32)25-3-2-14-31(20-25)19-24-8-10-26(28)11-9-24/h4-11,21,25H,2-3,12-20H2,1H3,(H,29,32). The SMILES string of the molecule is CC1CCN(Cc2ccc(CNC(=O)C3CCCN(Cc4ccc(F)cc4)C3)cc2)CC1. The number of likely N-dealkylation sites (tertiary alicyclic amines) is 2. The zero-order chi connectivity index (χ0) is 22.3. The van der Waals surface area contributed by atoms with E-state index >= 15 is 0 Å². The molecule has 2 aliphatic rings. The number of carbonyl (C=O) groups is 1. The third-order valence-electron chi connectivity index (χ3n) is 6.97. The monoisotopic (exact) mass is 437 g/mol. The zero-order valence-electron chi connectivity index (χ0n) is 19.2. The van der Waals surface area contributed by atoms with E-state index in [9.17, 15) is 9.18 Å². The molecule has 0 aliphatic carbocycles. The summed E-state index contributed by atoms with van der Waals surface area (Å²) in [5.74, 6) is 0.806. The lowest BCUT2D eigenvalue weighted by Crippen LogP contribution is -2.42. The van der Waals surface area contributed by atoms with E-state index in [4.69, 9.17) is 0 Å². The summed E-state index contributed by atoms with van der Waals surface area (Å²) in [7, 11) is 0. The predicted molar refractivity (Wildman–Crippen MR) is 126 cm³/mol. The molecule has 2 aromatic rings. The van der Waals surface area contributed by atoms with Crippen molar-refractivity contribution in [3.63, 3.8) is 0 Å². The van der Waals surface area contributed by atoms with E-state index in [0.717, 1.165) is 56.1 Å². The molecule has 2 aliphatic heterocycles. The maximum absolute atomic E-state index is 13.1. The number of nitrogens with zero attached hydrogens (tertiary/aromatic N) is 2. The number of carbonyl (C=O) groups excluding carboxylic acids is 1. The molecular formula is C27H36FN3O. The summed E-state index contributed by atoms with van der Waals surface area (Å²) in [6.07, 6.45) is 4.54. The first-order valence-corrected chi connectivity index (χ1v) is 12.1. The summed E-state index contributed by atoms with van der Waals surface area (Å²) < 4.78 is 13.1. The molecular weight excluding hydrogens is 401 g/mol. The van der Waals surface area contributed by atoms with Gasteiger partial charge in [-0.2, -0.15) is 0 Å². The van der Waals surface area contributed by atoms with Gasteiger partial charge in [0.25, 0.3) is 0 Å². The molecule has 4 rings (SSSR count). The molecule has 5 heteroatoms. The Labute approximate surface area is 191 Å². The fraction of sp³-hybridized carbons (Fsp3) is 0.519. The molecule has 32 heavy (non-hydrogen) atoms. The number of piperidine rings is 2. The van der Waals surface area contributed by atoms with Crippen molar-refractivity contribution in [1.82, 2.24) is 15.1 Å². The van der Waals surface area contributed by atoms with Gasteiger partial charge in [0.2, 0.25) is 5.91 Å². The first-order valence-electron chi connectivity index (χ1n) is 12.1. The fourth-order valence-electron chi connectivity index (χ4n) is 4.84. The molecule has 0 aromatic heterocycles. The highest BCUT2D eigenvalue weighted by atomic mass is 19.1. The Balaban J connectivity index is 1.22. The van der Waals surface area contributed by atoms with Crippen molar-refractivity contribution in [3.05, 3.63) is 71.0 Å². The van der Waals surface area contributed by atoms with Gasteiger partial charge in [-0.1, -0.05) is 43.3 Å². The molecule has 2 aromatic carbocycles. The van der Waals surface area contributed by atoms with Crippen molar-refractivity contribution in [2.24, 2.45) is 11.8 Å². The van der Waals surface area contributed by atoms with Crippen molar-refractivity contribution in [3.8, 4) is 0 Å². The van der Waals surface area contributed by atoms with Crippen molar-refractivity contribution in [2.45, 2.75) is 52.2 Å². The number of amides is 1. The molecule has 0 saturated carbocycles. The Hall–Kier alpha value is -2.24. The average molecular weight is 438 g/mol. The van der Waals surface area contributed by atoms with E-state index in [-0.39, 0.29) is 17.6 Å². The van der Waals surface area contributed by atoms with Gasteiger partial charge in [0.05, 0.1) is 5.92 Å². The quantitative estimate of drug-likeness (QED) is 0.688. The van der Waals surface area contributed by atoms with Crippen LogP contribution in [-0.2, 0) is 24.4 Å². The number of rotatable bonds is 7. The molecule has 1 N–H and O–H groups in total. The highest BCUT2D eigenvalue weighted by Crippen LogP contribution is 2.20. The van der Waals surface area contributed by atoms with Gasteiger partial charge in [-0.3, -0.25) is 14.6 Å². The van der Waals surface area contributed by atoms with Crippen LogP contribution in [0.25, 0.3) is 0 Å². The maximum Gasteiger partial charge on any atom is 0.224 e. The third kappa shape index (κ3) is 6.63. The third-order valence-corrected chi connectivity index (χ3v) is 6.97. The Kier molecular flexibility index (Phi) is 7.93. The Morgan fingerprint density at radius 2 is 1.47 bits per heavy atom. The van der Waals surface area contributed by atoms with Crippen LogP contribution in [0, 0.1) is 17.7 Å². The van der Waals surface area contributed by atoms with Gasteiger partial charge in [0.15, 0.2) is 0 Å². The van der Waals surface area contributed by atoms with E-state index < -0.39 is 0 Å². The van der Waals surface area contributed by atoms with E-state index in [1.165, 1.54) is 43.6 Å².